The van der Waals surface area contributed by atoms with Gasteiger partial charge in [-0.25, -0.2) is 9.78 Å². The number of fused-ring (bicyclic) bond motifs is 1. The van der Waals surface area contributed by atoms with Crippen molar-refractivity contribution in [2.45, 2.75) is 6.36 Å². The number of hydrogen-bond acceptors (Lipinski definition) is 7. The molecule has 0 unspecified atom stereocenters. The number of halogens is 3. The fourth-order valence-electron chi connectivity index (χ4n) is 2.81. The van der Waals surface area contributed by atoms with Crippen molar-refractivity contribution in [2.75, 3.05) is 39.2 Å². The summed E-state index contributed by atoms with van der Waals surface area (Å²) < 4.78 is 46.7. The molecular weight excluding hydrogens is 447 g/mol. The number of ether oxygens (including phenoxy) is 2. The Morgan fingerprint density at radius 2 is 1.69 bits per heavy atom. The van der Waals surface area contributed by atoms with Gasteiger partial charge in [0.2, 0.25) is 0 Å². The summed E-state index contributed by atoms with van der Waals surface area (Å²) in [6.45, 7) is 0.834. The number of carbonyl (C=O) groups is 2. The Bertz CT molecular complexity index is 1110. The number of hydrogen-bond donors (Lipinski definition) is 0. The van der Waals surface area contributed by atoms with E-state index < -0.39 is 12.3 Å². The van der Waals surface area contributed by atoms with Crippen LogP contribution in [0.25, 0.3) is 10.2 Å². The van der Waals surface area contributed by atoms with Gasteiger partial charge in [0.15, 0.2) is 5.13 Å². The van der Waals surface area contributed by atoms with Crippen LogP contribution in [0.4, 0.5) is 18.3 Å². The van der Waals surface area contributed by atoms with Gasteiger partial charge in [-0.3, -0.25) is 9.69 Å². The molecule has 3 aromatic rings. The highest BCUT2D eigenvalue weighted by atomic mass is 32.1. The van der Waals surface area contributed by atoms with Crippen LogP contribution >= 0.6 is 11.3 Å². The first-order chi connectivity index (χ1) is 15.1. The summed E-state index contributed by atoms with van der Waals surface area (Å²) >= 11 is 1.09. The fraction of sp³-hybridized carbons (Fsp3) is 0.286. The number of rotatable bonds is 7. The molecule has 170 valence electrons. The number of amides is 1. The van der Waals surface area contributed by atoms with E-state index in [-0.39, 0.29) is 11.7 Å². The van der Waals surface area contributed by atoms with Gasteiger partial charge in [-0.2, -0.15) is 0 Å². The lowest BCUT2D eigenvalue weighted by molar-refractivity contribution is -0.274. The van der Waals surface area contributed by atoms with E-state index in [2.05, 4.69) is 14.5 Å². The Morgan fingerprint density at radius 3 is 2.28 bits per heavy atom. The van der Waals surface area contributed by atoms with Crippen LogP contribution in [0.1, 0.15) is 20.7 Å². The Kier molecular flexibility index (Phi) is 6.99. The van der Waals surface area contributed by atoms with Gasteiger partial charge in [0.05, 0.1) is 22.9 Å². The summed E-state index contributed by atoms with van der Waals surface area (Å²) in [6.07, 6.45) is -4.80. The molecule has 0 fully saturated rings. The molecule has 0 radical (unpaired) electrons. The predicted molar refractivity (Wildman–Crippen MR) is 114 cm³/mol. The lowest BCUT2D eigenvalue weighted by Crippen LogP contribution is -2.36. The number of likely N-dealkylation sites (N-methyl/N-ethyl adjacent to an activating group) is 1. The molecule has 0 atom stereocenters. The number of anilines is 1. The maximum Gasteiger partial charge on any atom is 0.573 e. The normalized spacial score (nSPS) is 11.6. The van der Waals surface area contributed by atoms with Gasteiger partial charge in [-0.1, -0.05) is 11.3 Å². The minimum absolute atomic E-state index is 0.302. The van der Waals surface area contributed by atoms with Crippen LogP contribution < -0.4 is 9.64 Å². The van der Waals surface area contributed by atoms with Crippen LogP contribution in [-0.4, -0.2) is 62.4 Å². The number of nitrogens with zero attached hydrogens (tertiary/aromatic N) is 3. The molecule has 32 heavy (non-hydrogen) atoms. The minimum Gasteiger partial charge on any atom is -0.465 e. The highest BCUT2D eigenvalue weighted by molar-refractivity contribution is 7.22. The molecule has 0 aliphatic heterocycles. The first-order valence-electron chi connectivity index (χ1n) is 9.38. The van der Waals surface area contributed by atoms with Gasteiger partial charge in [0.1, 0.15) is 5.75 Å². The molecule has 0 N–H and O–H groups in total. The monoisotopic (exact) mass is 467 g/mol. The van der Waals surface area contributed by atoms with Gasteiger partial charge in [0, 0.05) is 24.7 Å². The fourth-order valence-corrected chi connectivity index (χ4v) is 3.83. The predicted octanol–water partition coefficient (Wildman–Crippen LogP) is 4.19. The SMILES string of the molecule is COC(=O)c1ccc(C(=O)N(CCN(C)C)c2nc3ccc(OC(F)(F)F)cc3s2)cc1. The maximum atomic E-state index is 13.2. The summed E-state index contributed by atoms with van der Waals surface area (Å²) in [4.78, 5) is 32.6. The Morgan fingerprint density at radius 1 is 1.03 bits per heavy atom. The Hall–Kier alpha value is -3.18. The van der Waals surface area contributed by atoms with Gasteiger partial charge in [0.25, 0.3) is 5.91 Å². The van der Waals surface area contributed by atoms with Crippen molar-refractivity contribution in [3.8, 4) is 5.75 Å². The molecule has 1 heterocycles. The third kappa shape index (κ3) is 5.74. The quantitative estimate of drug-likeness (QED) is 0.486. The molecule has 11 heteroatoms. The van der Waals surface area contributed by atoms with E-state index in [4.69, 9.17) is 0 Å². The average molecular weight is 467 g/mol. The van der Waals surface area contributed by atoms with Crippen molar-refractivity contribution in [2.24, 2.45) is 0 Å². The lowest BCUT2D eigenvalue weighted by atomic mass is 10.1. The average Bonchev–Trinajstić information content (AvgIpc) is 3.14. The van der Waals surface area contributed by atoms with E-state index >= 15 is 0 Å². The van der Waals surface area contributed by atoms with E-state index in [9.17, 15) is 22.8 Å². The zero-order valence-corrected chi connectivity index (χ0v) is 18.3. The van der Waals surface area contributed by atoms with Gasteiger partial charge in [-0.15, -0.1) is 13.2 Å². The number of thiazole rings is 1. The molecular formula is C21H20F3N3O4S. The Labute approximate surface area is 186 Å². The topological polar surface area (TPSA) is 72.0 Å². The van der Waals surface area contributed by atoms with Crippen LogP contribution in [0.3, 0.4) is 0 Å². The molecule has 1 aromatic heterocycles. The molecule has 0 aliphatic rings. The van der Waals surface area contributed by atoms with E-state index in [0.29, 0.717) is 39.6 Å². The van der Waals surface area contributed by atoms with Crippen LogP contribution in [0.15, 0.2) is 42.5 Å². The van der Waals surface area contributed by atoms with Gasteiger partial charge in [-0.05, 0) is 50.5 Å². The molecule has 0 saturated heterocycles. The zero-order chi connectivity index (χ0) is 23.5. The third-order valence-corrected chi connectivity index (χ3v) is 5.42. The summed E-state index contributed by atoms with van der Waals surface area (Å²) in [5.41, 5.74) is 1.08. The molecule has 3 rings (SSSR count). The smallest absolute Gasteiger partial charge is 0.465 e. The van der Waals surface area contributed by atoms with E-state index in [1.807, 2.05) is 19.0 Å². The number of benzene rings is 2. The second-order valence-electron chi connectivity index (χ2n) is 7.00. The van der Waals surface area contributed by atoms with Crippen LogP contribution in [0.2, 0.25) is 0 Å². The largest absolute Gasteiger partial charge is 0.573 e. The molecule has 0 saturated carbocycles. The summed E-state index contributed by atoms with van der Waals surface area (Å²) in [7, 11) is 4.97. The van der Waals surface area contributed by atoms with Gasteiger partial charge < -0.3 is 14.4 Å². The van der Waals surface area contributed by atoms with E-state index in [1.54, 1.807) is 0 Å². The molecule has 1 amide bonds. The van der Waals surface area contributed by atoms with Crippen molar-refractivity contribution < 1.29 is 32.2 Å². The van der Waals surface area contributed by atoms with Gasteiger partial charge >= 0.3 is 12.3 Å². The number of alkyl halides is 3. The summed E-state index contributed by atoms with van der Waals surface area (Å²) in [6, 6.07) is 9.83. The highest BCUT2D eigenvalue weighted by Gasteiger charge is 2.31. The number of carbonyl (C=O) groups excluding carboxylic acids is 2. The molecule has 0 spiro atoms. The molecule has 7 nitrogen and oxygen atoms in total. The van der Waals surface area contributed by atoms with Crippen LogP contribution in [0.5, 0.6) is 5.75 Å². The standard InChI is InChI=1S/C21H20F3N3O4S/c1-26(2)10-11-27(18(28)13-4-6-14(7-5-13)19(29)30-3)20-25-16-9-8-15(12-17(16)32-20)31-21(22,23)24/h4-9,12H,10-11H2,1-3H3. The van der Waals surface area contributed by atoms with Crippen molar-refractivity contribution in [3.63, 3.8) is 0 Å². The molecule has 2 aromatic carbocycles. The summed E-state index contributed by atoms with van der Waals surface area (Å²) in [5, 5.41) is 0.341. The second-order valence-corrected chi connectivity index (χ2v) is 8.01. The molecule has 0 aliphatic carbocycles. The zero-order valence-electron chi connectivity index (χ0n) is 17.5. The second kappa shape index (κ2) is 9.53. The van der Waals surface area contributed by atoms with Crippen molar-refractivity contribution in [1.29, 1.82) is 0 Å². The van der Waals surface area contributed by atoms with Crippen LogP contribution in [0, 0.1) is 0 Å². The highest BCUT2D eigenvalue weighted by Crippen LogP contribution is 2.33. The third-order valence-electron chi connectivity index (χ3n) is 4.38. The minimum atomic E-state index is -4.80. The van der Waals surface area contributed by atoms with Crippen molar-refractivity contribution >= 4 is 38.6 Å². The summed E-state index contributed by atoms with van der Waals surface area (Å²) in [5.74, 6) is -1.23. The maximum absolute atomic E-state index is 13.2. The van der Waals surface area contributed by atoms with Crippen LogP contribution in [-0.2, 0) is 4.74 Å². The number of aromatic nitrogens is 1. The van der Waals surface area contributed by atoms with Crippen molar-refractivity contribution in [1.82, 2.24) is 9.88 Å². The first-order valence-corrected chi connectivity index (χ1v) is 10.2. The first kappa shape index (κ1) is 23.5. The lowest BCUT2D eigenvalue weighted by Gasteiger charge is -2.22. The van der Waals surface area contributed by atoms with E-state index in [0.717, 1.165) is 11.3 Å². The van der Waals surface area contributed by atoms with E-state index in [1.165, 1.54) is 54.5 Å². The molecule has 0 bridgehead atoms. The van der Waals surface area contributed by atoms with Crippen molar-refractivity contribution in [3.05, 3.63) is 53.6 Å². The number of methoxy groups -OCH3 is 1. The Balaban J connectivity index is 1.93. The number of esters is 1.